The van der Waals surface area contributed by atoms with Crippen LogP contribution < -0.4 is 0 Å². The van der Waals surface area contributed by atoms with Gasteiger partial charge in [-0.2, -0.15) is 5.26 Å². The summed E-state index contributed by atoms with van der Waals surface area (Å²) in [6, 6.07) is 9.21. The first kappa shape index (κ1) is 13.5. The van der Waals surface area contributed by atoms with E-state index in [0.29, 0.717) is 6.61 Å². The van der Waals surface area contributed by atoms with E-state index in [1.165, 1.54) is 6.08 Å². The Kier molecular flexibility index (Phi) is 5.44. The predicted molar refractivity (Wildman–Crippen MR) is 69.0 cm³/mol. The minimum Gasteiger partial charge on any atom is -0.462 e. The first-order chi connectivity index (χ1) is 8.19. The summed E-state index contributed by atoms with van der Waals surface area (Å²) in [4.78, 5) is 11.5. The molecule has 0 bridgehead atoms. The molecule has 0 aliphatic heterocycles. The third kappa shape index (κ3) is 4.04. The van der Waals surface area contributed by atoms with Crippen molar-refractivity contribution in [1.82, 2.24) is 0 Å². The van der Waals surface area contributed by atoms with Crippen LogP contribution in [0.3, 0.4) is 0 Å². The molecule has 0 N–H and O–H groups in total. The Hall–Kier alpha value is -1.60. The van der Waals surface area contributed by atoms with Crippen LogP contribution in [0.25, 0.3) is 6.08 Å². The van der Waals surface area contributed by atoms with E-state index in [1.807, 2.05) is 37.3 Å². The van der Waals surface area contributed by atoms with Crippen molar-refractivity contribution in [3.8, 4) is 6.07 Å². The van der Waals surface area contributed by atoms with E-state index in [4.69, 9.17) is 10.00 Å². The molecule has 0 aliphatic carbocycles. The molecule has 1 aromatic rings. The fourth-order valence-corrected chi connectivity index (χ4v) is 1.56. The molecule has 0 atom stereocenters. The molecule has 0 radical (unpaired) electrons. The number of carbonyl (C=O) groups is 1. The predicted octanol–water partition coefficient (Wildman–Crippen LogP) is 3.31. The second-order valence-corrected chi connectivity index (χ2v) is 4.18. The smallest absolute Gasteiger partial charge is 0.348 e. The van der Waals surface area contributed by atoms with Gasteiger partial charge < -0.3 is 4.74 Å². The Morgan fingerprint density at radius 3 is 2.82 bits per heavy atom. The van der Waals surface area contributed by atoms with Crippen molar-refractivity contribution in [1.29, 1.82) is 5.26 Å². The fraction of sp³-hybridized carbons (Fsp3) is 0.231. The summed E-state index contributed by atoms with van der Waals surface area (Å²) in [5.74, 6) is -0.579. The highest BCUT2D eigenvalue weighted by molar-refractivity contribution is 9.10. The normalized spacial score (nSPS) is 10.8. The lowest BCUT2D eigenvalue weighted by atomic mass is 10.1. The van der Waals surface area contributed by atoms with E-state index in [0.717, 1.165) is 16.5 Å². The molecule has 0 amide bonds. The molecule has 17 heavy (non-hydrogen) atoms. The number of esters is 1. The van der Waals surface area contributed by atoms with Crippen molar-refractivity contribution in [2.24, 2.45) is 0 Å². The van der Waals surface area contributed by atoms with Gasteiger partial charge in [0.25, 0.3) is 0 Å². The number of nitriles is 1. The minimum absolute atomic E-state index is 0.00495. The number of ether oxygens (including phenoxy) is 1. The van der Waals surface area contributed by atoms with Crippen LogP contribution >= 0.6 is 15.9 Å². The molecule has 4 heteroatoms. The summed E-state index contributed by atoms with van der Waals surface area (Å²) in [6.45, 7) is 2.23. The van der Waals surface area contributed by atoms with Crippen molar-refractivity contribution in [3.63, 3.8) is 0 Å². The summed E-state index contributed by atoms with van der Waals surface area (Å²) in [5.41, 5.74) is 0.780. The quantitative estimate of drug-likeness (QED) is 0.486. The lowest BCUT2D eigenvalue weighted by molar-refractivity contribution is -0.138. The number of hydrogen-bond acceptors (Lipinski definition) is 3. The van der Waals surface area contributed by atoms with Crippen LogP contribution in [0.4, 0.5) is 0 Å². The Balaban J connectivity index is 2.92. The van der Waals surface area contributed by atoms with Gasteiger partial charge in [0.2, 0.25) is 0 Å². The second-order valence-electron chi connectivity index (χ2n) is 3.33. The molecule has 0 unspecified atom stereocenters. The topological polar surface area (TPSA) is 50.1 Å². The molecule has 0 aliphatic rings. The van der Waals surface area contributed by atoms with Gasteiger partial charge in [0, 0.05) is 4.47 Å². The number of nitrogens with zero attached hydrogens (tertiary/aromatic N) is 1. The minimum atomic E-state index is -0.579. The summed E-state index contributed by atoms with van der Waals surface area (Å²) >= 11 is 3.35. The fourth-order valence-electron chi connectivity index (χ4n) is 1.16. The highest BCUT2D eigenvalue weighted by atomic mass is 79.9. The number of carbonyl (C=O) groups excluding carboxylic acids is 1. The highest BCUT2D eigenvalue weighted by Crippen LogP contribution is 2.19. The lowest BCUT2D eigenvalue weighted by Crippen LogP contribution is -2.07. The number of hydrogen-bond donors (Lipinski definition) is 0. The van der Waals surface area contributed by atoms with Crippen LogP contribution in [0, 0.1) is 11.3 Å². The van der Waals surface area contributed by atoms with Gasteiger partial charge >= 0.3 is 5.97 Å². The lowest BCUT2D eigenvalue weighted by Gasteiger charge is -2.02. The van der Waals surface area contributed by atoms with Crippen LogP contribution in [0.1, 0.15) is 18.9 Å². The molecule has 0 aromatic heterocycles. The first-order valence-corrected chi connectivity index (χ1v) is 6.01. The average molecular weight is 294 g/mol. The number of benzene rings is 1. The number of halogens is 1. The van der Waals surface area contributed by atoms with Crippen LogP contribution in [0.15, 0.2) is 34.3 Å². The zero-order valence-electron chi connectivity index (χ0n) is 9.44. The Bertz CT molecular complexity index is 475. The van der Waals surface area contributed by atoms with E-state index in [-0.39, 0.29) is 5.57 Å². The monoisotopic (exact) mass is 293 g/mol. The van der Waals surface area contributed by atoms with E-state index < -0.39 is 5.97 Å². The van der Waals surface area contributed by atoms with E-state index in [2.05, 4.69) is 15.9 Å². The summed E-state index contributed by atoms with van der Waals surface area (Å²) in [7, 11) is 0. The summed E-state index contributed by atoms with van der Waals surface area (Å²) in [5, 5.41) is 8.91. The largest absolute Gasteiger partial charge is 0.462 e. The van der Waals surface area contributed by atoms with Gasteiger partial charge in [-0.25, -0.2) is 4.79 Å². The van der Waals surface area contributed by atoms with E-state index >= 15 is 0 Å². The SMILES string of the molecule is CCCOC(=O)C(C#N)=Cc1ccccc1Br. The average Bonchev–Trinajstić information content (AvgIpc) is 2.35. The van der Waals surface area contributed by atoms with Crippen molar-refractivity contribution >= 4 is 28.0 Å². The molecule has 0 saturated heterocycles. The molecule has 0 spiro atoms. The Morgan fingerprint density at radius 2 is 2.24 bits per heavy atom. The van der Waals surface area contributed by atoms with E-state index in [9.17, 15) is 4.79 Å². The third-order valence-corrected chi connectivity index (χ3v) is 2.70. The van der Waals surface area contributed by atoms with Crippen LogP contribution in [-0.4, -0.2) is 12.6 Å². The molecular weight excluding hydrogens is 282 g/mol. The van der Waals surface area contributed by atoms with Crippen LogP contribution in [0.2, 0.25) is 0 Å². The van der Waals surface area contributed by atoms with Gasteiger partial charge in [0.15, 0.2) is 0 Å². The zero-order valence-corrected chi connectivity index (χ0v) is 11.0. The molecule has 88 valence electrons. The third-order valence-electron chi connectivity index (χ3n) is 1.98. The van der Waals surface area contributed by atoms with Gasteiger partial charge in [-0.05, 0) is 24.1 Å². The Labute approximate surface area is 109 Å². The van der Waals surface area contributed by atoms with Gasteiger partial charge in [-0.3, -0.25) is 0 Å². The molecule has 0 saturated carbocycles. The van der Waals surface area contributed by atoms with Crippen molar-refractivity contribution in [3.05, 3.63) is 39.9 Å². The summed E-state index contributed by atoms with van der Waals surface area (Å²) < 4.78 is 5.74. The maximum Gasteiger partial charge on any atom is 0.348 e. The second kappa shape index (κ2) is 6.87. The van der Waals surface area contributed by atoms with Gasteiger partial charge in [-0.15, -0.1) is 0 Å². The maximum absolute atomic E-state index is 11.5. The molecule has 1 rings (SSSR count). The molecule has 3 nitrogen and oxygen atoms in total. The van der Waals surface area contributed by atoms with Crippen molar-refractivity contribution in [2.45, 2.75) is 13.3 Å². The van der Waals surface area contributed by atoms with Crippen molar-refractivity contribution < 1.29 is 9.53 Å². The maximum atomic E-state index is 11.5. The standard InChI is InChI=1S/C13H12BrNO2/c1-2-7-17-13(16)11(9-15)8-10-5-3-4-6-12(10)14/h3-6,8H,2,7H2,1H3. The van der Waals surface area contributed by atoms with Gasteiger partial charge in [0.05, 0.1) is 6.61 Å². The highest BCUT2D eigenvalue weighted by Gasteiger charge is 2.10. The van der Waals surface area contributed by atoms with Gasteiger partial charge in [-0.1, -0.05) is 41.1 Å². The van der Waals surface area contributed by atoms with E-state index in [1.54, 1.807) is 0 Å². The molecular formula is C13H12BrNO2. The molecule has 0 fully saturated rings. The number of rotatable bonds is 4. The first-order valence-electron chi connectivity index (χ1n) is 5.22. The van der Waals surface area contributed by atoms with Crippen LogP contribution in [0.5, 0.6) is 0 Å². The van der Waals surface area contributed by atoms with Crippen LogP contribution in [-0.2, 0) is 9.53 Å². The summed E-state index contributed by atoms with van der Waals surface area (Å²) in [6.07, 6.45) is 2.25. The zero-order chi connectivity index (χ0) is 12.7. The van der Waals surface area contributed by atoms with Crippen molar-refractivity contribution in [2.75, 3.05) is 6.61 Å². The molecule has 0 heterocycles. The molecule has 1 aromatic carbocycles. The Morgan fingerprint density at radius 1 is 1.53 bits per heavy atom. The van der Waals surface area contributed by atoms with Gasteiger partial charge in [0.1, 0.15) is 11.6 Å².